The van der Waals surface area contributed by atoms with Crippen LogP contribution < -0.4 is 5.32 Å². The van der Waals surface area contributed by atoms with E-state index in [1.807, 2.05) is 31.2 Å². The molecule has 1 aliphatic heterocycles. The second-order valence-electron chi connectivity index (χ2n) is 8.54. The third-order valence-electron chi connectivity index (χ3n) is 6.77. The van der Waals surface area contributed by atoms with Crippen LogP contribution in [0.1, 0.15) is 58.4 Å². The lowest BCUT2D eigenvalue weighted by atomic mass is 9.77. The largest absolute Gasteiger partial charge is 0.351 e. The highest BCUT2D eigenvalue weighted by Gasteiger charge is 2.47. The molecule has 1 aliphatic carbocycles. The summed E-state index contributed by atoms with van der Waals surface area (Å²) in [5.74, 6) is 1.19. The van der Waals surface area contributed by atoms with E-state index in [4.69, 9.17) is 11.6 Å². The number of carbonyl (C=O) groups excluding carboxylic acids is 2. The zero-order valence-electron chi connectivity index (χ0n) is 16.6. The fourth-order valence-corrected chi connectivity index (χ4v) is 4.63. The molecule has 1 aromatic carbocycles. The van der Waals surface area contributed by atoms with Crippen molar-refractivity contribution >= 4 is 23.4 Å². The highest BCUT2D eigenvalue weighted by Crippen LogP contribution is 2.33. The van der Waals surface area contributed by atoms with Crippen LogP contribution in [0.4, 0.5) is 0 Å². The Hall–Kier alpha value is -1.55. The van der Waals surface area contributed by atoms with Crippen LogP contribution in [0.25, 0.3) is 0 Å². The molecule has 2 fully saturated rings. The van der Waals surface area contributed by atoms with Gasteiger partial charge < -0.3 is 10.2 Å². The summed E-state index contributed by atoms with van der Waals surface area (Å²) in [6.07, 6.45) is 5.19. The molecule has 3 rings (SSSR count). The van der Waals surface area contributed by atoms with Crippen molar-refractivity contribution < 1.29 is 9.59 Å². The van der Waals surface area contributed by atoms with Gasteiger partial charge in [0, 0.05) is 24.0 Å². The predicted molar refractivity (Wildman–Crippen MR) is 109 cm³/mol. The third-order valence-corrected chi connectivity index (χ3v) is 7.02. The standard InChI is InChI=1S/C22H31ClN2O2/c1-15-5-4-6-19(16(15)2)24-21(27)22(3)13-11-20(26)25(22)14-12-17-7-9-18(23)10-8-17/h7-10,15-16,19H,4-6,11-14H2,1-3H3,(H,24,27)/t15-,16+,19+,22+/m1/s1. The van der Waals surface area contributed by atoms with Crippen LogP contribution in [0, 0.1) is 11.8 Å². The number of rotatable bonds is 5. The predicted octanol–water partition coefficient (Wildman–Crippen LogP) is 4.20. The summed E-state index contributed by atoms with van der Waals surface area (Å²) >= 11 is 5.95. The monoisotopic (exact) mass is 390 g/mol. The van der Waals surface area contributed by atoms with Crippen LogP contribution in [-0.2, 0) is 16.0 Å². The first-order chi connectivity index (χ1) is 12.8. The highest BCUT2D eigenvalue weighted by atomic mass is 35.5. The Labute approximate surface area is 167 Å². The molecular weight excluding hydrogens is 360 g/mol. The van der Waals surface area contributed by atoms with Crippen molar-refractivity contribution in [1.29, 1.82) is 0 Å². The van der Waals surface area contributed by atoms with Gasteiger partial charge in [-0.05, 0) is 55.7 Å². The van der Waals surface area contributed by atoms with Crippen LogP contribution in [0.15, 0.2) is 24.3 Å². The maximum atomic E-state index is 13.2. The van der Waals surface area contributed by atoms with E-state index in [0.717, 1.165) is 24.8 Å². The molecule has 0 unspecified atom stereocenters. The molecule has 1 heterocycles. The van der Waals surface area contributed by atoms with Crippen molar-refractivity contribution in [2.75, 3.05) is 6.54 Å². The van der Waals surface area contributed by atoms with Crippen LogP contribution in [-0.4, -0.2) is 34.8 Å². The zero-order valence-corrected chi connectivity index (χ0v) is 17.4. The van der Waals surface area contributed by atoms with Gasteiger partial charge in [-0.3, -0.25) is 9.59 Å². The highest BCUT2D eigenvalue weighted by molar-refractivity contribution is 6.30. The first-order valence-electron chi connectivity index (χ1n) is 10.2. The molecule has 0 spiro atoms. The Morgan fingerprint density at radius 1 is 1.26 bits per heavy atom. The molecule has 4 nitrogen and oxygen atoms in total. The maximum Gasteiger partial charge on any atom is 0.245 e. The lowest BCUT2D eigenvalue weighted by Crippen LogP contribution is -2.58. The molecule has 2 aliphatic rings. The van der Waals surface area contributed by atoms with E-state index in [0.29, 0.717) is 36.2 Å². The summed E-state index contributed by atoms with van der Waals surface area (Å²) in [6.45, 7) is 6.98. The van der Waals surface area contributed by atoms with Crippen molar-refractivity contribution in [2.45, 2.75) is 70.9 Å². The summed E-state index contributed by atoms with van der Waals surface area (Å²) in [4.78, 5) is 27.5. The number of hydrogen-bond acceptors (Lipinski definition) is 2. The number of nitrogens with zero attached hydrogens (tertiary/aromatic N) is 1. The quantitative estimate of drug-likeness (QED) is 0.818. The first kappa shape index (κ1) is 20.2. The van der Waals surface area contributed by atoms with Crippen molar-refractivity contribution in [1.82, 2.24) is 10.2 Å². The molecule has 1 saturated heterocycles. The van der Waals surface area contributed by atoms with Gasteiger partial charge in [0.05, 0.1) is 0 Å². The SMILES string of the molecule is C[C@H]1[C@H](C)CCC[C@@H]1NC(=O)[C@]1(C)CCC(=O)N1CCc1ccc(Cl)cc1. The Bertz CT molecular complexity index is 690. The van der Waals surface area contributed by atoms with Crippen LogP contribution in [0.2, 0.25) is 5.02 Å². The van der Waals surface area contributed by atoms with Gasteiger partial charge in [0.15, 0.2) is 0 Å². The van der Waals surface area contributed by atoms with Gasteiger partial charge in [0.25, 0.3) is 0 Å². The molecule has 4 atom stereocenters. The summed E-state index contributed by atoms with van der Waals surface area (Å²) in [5, 5.41) is 3.99. The van der Waals surface area contributed by atoms with Gasteiger partial charge in [0.2, 0.25) is 11.8 Å². The number of carbonyl (C=O) groups is 2. The van der Waals surface area contributed by atoms with E-state index < -0.39 is 5.54 Å². The maximum absolute atomic E-state index is 13.2. The molecule has 5 heteroatoms. The molecule has 1 saturated carbocycles. The van der Waals surface area contributed by atoms with Gasteiger partial charge in [-0.2, -0.15) is 0 Å². The molecule has 1 N–H and O–H groups in total. The van der Waals surface area contributed by atoms with Crippen LogP contribution in [0.3, 0.4) is 0 Å². The lowest BCUT2D eigenvalue weighted by molar-refractivity contribution is -0.141. The Kier molecular flexibility index (Phi) is 6.15. The molecular formula is C22H31ClN2O2. The lowest BCUT2D eigenvalue weighted by Gasteiger charge is -2.39. The average molecular weight is 391 g/mol. The molecule has 27 heavy (non-hydrogen) atoms. The molecule has 148 valence electrons. The number of halogens is 1. The first-order valence-corrected chi connectivity index (χ1v) is 10.5. The van der Waals surface area contributed by atoms with E-state index in [-0.39, 0.29) is 17.9 Å². The van der Waals surface area contributed by atoms with Gasteiger partial charge >= 0.3 is 0 Å². The summed E-state index contributed by atoms with van der Waals surface area (Å²) in [6, 6.07) is 7.89. The minimum atomic E-state index is -0.746. The minimum Gasteiger partial charge on any atom is -0.351 e. The van der Waals surface area contributed by atoms with Crippen LogP contribution in [0.5, 0.6) is 0 Å². The van der Waals surface area contributed by atoms with E-state index >= 15 is 0 Å². The normalized spacial score (nSPS) is 31.2. The van der Waals surface area contributed by atoms with E-state index in [2.05, 4.69) is 19.2 Å². The van der Waals surface area contributed by atoms with Crippen molar-refractivity contribution in [3.63, 3.8) is 0 Å². The minimum absolute atomic E-state index is 0.00964. The van der Waals surface area contributed by atoms with Crippen molar-refractivity contribution in [3.8, 4) is 0 Å². The Balaban J connectivity index is 1.67. The molecule has 1 aromatic rings. The van der Waals surface area contributed by atoms with Crippen molar-refractivity contribution in [2.24, 2.45) is 11.8 Å². The van der Waals surface area contributed by atoms with E-state index in [1.165, 1.54) is 6.42 Å². The number of benzene rings is 1. The number of hydrogen-bond donors (Lipinski definition) is 1. The molecule has 0 radical (unpaired) electrons. The Morgan fingerprint density at radius 2 is 1.96 bits per heavy atom. The zero-order chi connectivity index (χ0) is 19.6. The third kappa shape index (κ3) is 4.31. The molecule has 2 amide bonds. The van der Waals surface area contributed by atoms with E-state index in [1.54, 1.807) is 4.90 Å². The van der Waals surface area contributed by atoms with Gasteiger partial charge in [0.1, 0.15) is 5.54 Å². The Morgan fingerprint density at radius 3 is 2.67 bits per heavy atom. The second kappa shape index (κ2) is 8.22. The fourth-order valence-electron chi connectivity index (χ4n) is 4.50. The summed E-state index contributed by atoms with van der Waals surface area (Å²) in [5.41, 5.74) is 0.376. The number of nitrogens with one attached hydrogen (secondary N) is 1. The second-order valence-corrected chi connectivity index (χ2v) is 8.98. The van der Waals surface area contributed by atoms with Crippen LogP contribution >= 0.6 is 11.6 Å². The average Bonchev–Trinajstić information content (AvgIpc) is 2.94. The number of likely N-dealkylation sites (tertiary alicyclic amines) is 1. The molecule has 0 bridgehead atoms. The smallest absolute Gasteiger partial charge is 0.245 e. The van der Waals surface area contributed by atoms with Gasteiger partial charge in [-0.25, -0.2) is 0 Å². The summed E-state index contributed by atoms with van der Waals surface area (Å²) < 4.78 is 0. The summed E-state index contributed by atoms with van der Waals surface area (Å²) in [7, 11) is 0. The van der Waals surface area contributed by atoms with Gasteiger partial charge in [-0.1, -0.05) is 50.4 Å². The molecule has 0 aromatic heterocycles. The van der Waals surface area contributed by atoms with Gasteiger partial charge in [-0.15, -0.1) is 0 Å². The van der Waals surface area contributed by atoms with E-state index in [9.17, 15) is 9.59 Å². The topological polar surface area (TPSA) is 49.4 Å². The van der Waals surface area contributed by atoms with Crippen molar-refractivity contribution in [3.05, 3.63) is 34.9 Å². The number of amides is 2. The fraction of sp³-hybridized carbons (Fsp3) is 0.636.